The third kappa shape index (κ3) is 4.80. The predicted octanol–water partition coefficient (Wildman–Crippen LogP) is 6.97. The van der Waals surface area contributed by atoms with Crippen LogP contribution < -0.4 is 0 Å². The molecule has 4 aromatic rings. The van der Waals surface area contributed by atoms with E-state index in [-0.39, 0.29) is 0 Å². The average molecular weight is 410 g/mol. The minimum absolute atomic E-state index is 0.528. The minimum atomic E-state index is -4.35. The maximum Gasteiger partial charge on any atom is 0.416 e. The zero-order chi connectivity index (χ0) is 21.8. The number of rotatable bonds is 0. The van der Waals surface area contributed by atoms with E-state index in [1.807, 2.05) is 67.6 Å². The average Bonchev–Trinajstić information content (AvgIpc) is 2.77. The molecule has 0 aromatic heterocycles. The molecule has 0 radical (unpaired) electrons. The second kappa shape index (κ2) is 8.42. The highest BCUT2D eigenvalue weighted by molar-refractivity contribution is 5.92. The lowest BCUT2D eigenvalue weighted by Crippen LogP contribution is -2.04. The van der Waals surface area contributed by atoms with Crippen molar-refractivity contribution in [2.45, 2.75) is 13.1 Å². The van der Waals surface area contributed by atoms with Gasteiger partial charge in [-0.2, -0.15) is 13.2 Å². The molecule has 3 heteroatoms. The van der Waals surface area contributed by atoms with E-state index in [0.29, 0.717) is 5.56 Å². The van der Waals surface area contributed by atoms with Crippen LogP contribution in [0, 0.1) is 30.6 Å². The maximum absolute atomic E-state index is 12.7. The van der Waals surface area contributed by atoms with E-state index in [1.54, 1.807) is 0 Å². The van der Waals surface area contributed by atoms with E-state index in [0.717, 1.165) is 39.6 Å². The van der Waals surface area contributed by atoms with Gasteiger partial charge in [-0.15, -0.1) is 0 Å². The lowest BCUT2D eigenvalue weighted by molar-refractivity contribution is -0.137. The number of hydrogen-bond donors (Lipinski definition) is 0. The monoisotopic (exact) mass is 410 g/mol. The van der Waals surface area contributed by atoms with Crippen molar-refractivity contribution < 1.29 is 13.2 Å². The summed E-state index contributed by atoms with van der Waals surface area (Å²) in [6.07, 6.45) is -4.35. The molecule has 0 nitrogen and oxygen atoms in total. The summed E-state index contributed by atoms with van der Waals surface area (Å²) in [6, 6.07) is 24.6. The summed E-state index contributed by atoms with van der Waals surface area (Å²) in [5, 5.41) is 1.94. The number of aryl methyl sites for hydroxylation is 1. The Morgan fingerprint density at radius 1 is 0.548 bits per heavy atom. The summed E-state index contributed by atoms with van der Waals surface area (Å²) in [7, 11) is 0. The van der Waals surface area contributed by atoms with Crippen molar-refractivity contribution >= 4 is 10.8 Å². The Hall–Kier alpha value is -3.95. The van der Waals surface area contributed by atoms with Crippen molar-refractivity contribution in [1.82, 2.24) is 0 Å². The van der Waals surface area contributed by atoms with Gasteiger partial charge in [-0.1, -0.05) is 65.6 Å². The van der Waals surface area contributed by atoms with Gasteiger partial charge < -0.3 is 0 Å². The highest BCUT2D eigenvalue weighted by atomic mass is 19.4. The number of alkyl halides is 3. The molecule has 0 heterocycles. The molecule has 0 aliphatic carbocycles. The first kappa shape index (κ1) is 20.3. The standard InChI is InChI=1S/C28H17F3/c1-20-8-10-21(11-9-20)12-16-23-4-2-7-27-24(5-3-6-26(23)27)17-13-22-14-18-25(19-15-22)28(29,30)31/h2-11,14-15,18-19H,1H3. The molecule has 0 fully saturated rings. The SMILES string of the molecule is Cc1ccc(C#Cc2cccc3c(C#Cc4ccc(C(F)(F)F)cc4)cccc23)cc1. The molecule has 0 atom stereocenters. The maximum atomic E-state index is 12.7. The molecule has 0 saturated carbocycles. The van der Waals surface area contributed by atoms with E-state index in [9.17, 15) is 13.2 Å². The third-order valence-electron chi connectivity index (χ3n) is 4.87. The molecule has 0 bridgehead atoms. The van der Waals surface area contributed by atoms with Crippen molar-refractivity contribution in [3.05, 3.63) is 118 Å². The molecular formula is C28H17F3. The highest BCUT2D eigenvalue weighted by Gasteiger charge is 2.29. The summed E-state index contributed by atoms with van der Waals surface area (Å²) in [5.41, 5.74) is 3.68. The van der Waals surface area contributed by atoms with Crippen LogP contribution in [0.1, 0.15) is 33.4 Å². The highest BCUT2D eigenvalue weighted by Crippen LogP contribution is 2.29. The van der Waals surface area contributed by atoms with Gasteiger partial charge in [0.25, 0.3) is 0 Å². The van der Waals surface area contributed by atoms with Crippen LogP contribution in [0.2, 0.25) is 0 Å². The quantitative estimate of drug-likeness (QED) is 0.275. The molecule has 0 aliphatic heterocycles. The van der Waals surface area contributed by atoms with E-state index in [2.05, 4.69) is 23.7 Å². The number of benzene rings is 4. The first-order valence-electron chi connectivity index (χ1n) is 9.70. The normalized spacial score (nSPS) is 10.7. The lowest BCUT2D eigenvalue weighted by Gasteiger charge is -2.05. The van der Waals surface area contributed by atoms with Crippen LogP contribution in [0.15, 0.2) is 84.9 Å². The van der Waals surface area contributed by atoms with Crippen LogP contribution >= 0.6 is 0 Å². The molecule has 0 N–H and O–H groups in total. The number of hydrogen-bond acceptors (Lipinski definition) is 0. The second-order valence-corrected chi connectivity index (χ2v) is 7.15. The third-order valence-corrected chi connectivity index (χ3v) is 4.87. The molecule has 0 aliphatic rings. The Kier molecular flexibility index (Phi) is 5.52. The van der Waals surface area contributed by atoms with Crippen LogP contribution in [0.3, 0.4) is 0 Å². The van der Waals surface area contributed by atoms with Crippen LogP contribution in [-0.4, -0.2) is 0 Å². The van der Waals surface area contributed by atoms with Gasteiger partial charge in [0.15, 0.2) is 0 Å². The van der Waals surface area contributed by atoms with Gasteiger partial charge in [0, 0.05) is 22.3 Å². The van der Waals surface area contributed by atoms with E-state index in [1.165, 1.54) is 17.7 Å². The molecule has 0 unspecified atom stereocenters. The molecule has 0 amide bonds. The van der Waals surface area contributed by atoms with E-state index >= 15 is 0 Å². The van der Waals surface area contributed by atoms with Crippen molar-refractivity contribution in [3.8, 4) is 23.7 Å². The van der Waals surface area contributed by atoms with Crippen molar-refractivity contribution in [2.24, 2.45) is 0 Å². The predicted molar refractivity (Wildman–Crippen MR) is 119 cm³/mol. The zero-order valence-electron chi connectivity index (χ0n) is 16.7. The van der Waals surface area contributed by atoms with Gasteiger partial charge in [-0.25, -0.2) is 0 Å². The molecule has 4 rings (SSSR count). The Morgan fingerprint density at radius 2 is 1.00 bits per heavy atom. The summed E-state index contributed by atoms with van der Waals surface area (Å²) in [5.74, 6) is 12.5. The Bertz CT molecular complexity index is 1350. The van der Waals surface area contributed by atoms with Gasteiger partial charge in [0.05, 0.1) is 5.56 Å². The smallest absolute Gasteiger partial charge is 0.166 e. The minimum Gasteiger partial charge on any atom is -0.166 e. The van der Waals surface area contributed by atoms with Gasteiger partial charge >= 0.3 is 6.18 Å². The molecule has 31 heavy (non-hydrogen) atoms. The molecule has 4 aromatic carbocycles. The first-order valence-corrected chi connectivity index (χ1v) is 9.70. The second-order valence-electron chi connectivity index (χ2n) is 7.15. The fourth-order valence-electron chi connectivity index (χ4n) is 3.19. The Morgan fingerprint density at radius 3 is 1.45 bits per heavy atom. The van der Waals surface area contributed by atoms with Crippen LogP contribution in [0.25, 0.3) is 10.8 Å². The number of halogens is 3. The lowest BCUT2D eigenvalue weighted by atomic mass is 10.00. The summed E-state index contributed by atoms with van der Waals surface area (Å²) in [6.45, 7) is 2.04. The molecular weight excluding hydrogens is 393 g/mol. The zero-order valence-corrected chi connectivity index (χ0v) is 16.7. The Labute approximate surface area is 179 Å². The van der Waals surface area contributed by atoms with Crippen molar-refractivity contribution in [2.75, 3.05) is 0 Å². The van der Waals surface area contributed by atoms with Crippen molar-refractivity contribution in [1.29, 1.82) is 0 Å². The fourth-order valence-corrected chi connectivity index (χ4v) is 3.19. The molecule has 0 saturated heterocycles. The van der Waals surface area contributed by atoms with E-state index < -0.39 is 11.7 Å². The van der Waals surface area contributed by atoms with Gasteiger partial charge in [0.2, 0.25) is 0 Å². The summed E-state index contributed by atoms with van der Waals surface area (Å²) >= 11 is 0. The van der Waals surface area contributed by atoms with Crippen LogP contribution in [-0.2, 0) is 6.18 Å². The van der Waals surface area contributed by atoms with Crippen molar-refractivity contribution in [3.63, 3.8) is 0 Å². The van der Waals surface area contributed by atoms with Crippen LogP contribution in [0.5, 0.6) is 0 Å². The Balaban J connectivity index is 1.68. The van der Waals surface area contributed by atoms with Gasteiger partial charge in [-0.3, -0.25) is 0 Å². The van der Waals surface area contributed by atoms with Crippen LogP contribution in [0.4, 0.5) is 13.2 Å². The van der Waals surface area contributed by atoms with E-state index in [4.69, 9.17) is 0 Å². The first-order chi connectivity index (χ1) is 14.9. The summed E-state index contributed by atoms with van der Waals surface area (Å²) < 4.78 is 38.2. The number of fused-ring (bicyclic) bond motifs is 1. The molecule has 150 valence electrons. The van der Waals surface area contributed by atoms with Gasteiger partial charge in [-0.05, 0) is 66.2 Å². The summed E-state index contributed by atoms with van der Waals surface area (Å²) in [4.78, 5) is 0. The topological polar surface area (TPSA) is 0 Å². The fraction of sp³-hybridized carbons (Fsp3) is 0.0714. The molecule has 0 spiro atoms. The largest absolute Gasteiger partial charge is 0.416 e. The van der Waals surface area contributed by atoms with Gasteiger partial charge in [0.1, 0.15) is 0 Å².